The molecule has 0 bridgehead atoms. The minimum atomic E-state index is -0.0667. The lowest BCUT2D eigenvalue weighted by Crippen LogP contribution is -2.68. The third kappa shape index (κ3) is 2.97. The molecule has 0 spiro atoms. The van der Waals surface area contributed by atoms with Gasteiger partial charge in [0.2, 0.25) is 6.79 Å². The lowest BCUT2D eigenvalue weighted by Gasteiger charge is -2.59. The van der Waals surface area contributed by atoms with Crippen molar-refractivity contribution < 1.29 is 19.4 Å². The van der Waals surface area contributed by atoms with Gasteiger partial charge in [0.25, 0.3) is 5.91 Å². The van der Waals surface area contributed by atoms with E-state index in [1.165, 1.54) is 0 Å². The molecule has 2 aromatic carbocycles. The molecule has 32 heavy (non-hydrogen) atoms. The zero-order valence-electron chi connectivity index (χ0n) is 17.4. The van der Waals surface area contributed by atoms with Crippen LogP contribution in [0.3, 0.4) is 0 Å². The number of carbonyl (C=O) groups is 1. The number of hydrogen-bond donors (Lipinski definition) is 1. The van der Waals surface area contributed by atoms with Crippen molar-refractivity contribution in [3.63, 3.8) is 0 Å². The molecule has 4 heterocycles. The first-order valence-corrected chi connectivity index (χ1v) is 10.8. The summed E-state index contributed by atoms with van der Waals surface area (Å²) in [5.74, 6) is 1.38. The molecule has 0 radical (unpaired) electrons. The van der Waals surface area contributed by atoms with Crippen molar-refractivity contribution >= 4 is 11.6 Å². The molecule has 162 valence electrons. The van der Waals surface area contributed by atoms with Crippen molar-refractivity contribution in [1.82, 2.24) is 9.88 Å². The van der Waals surface area contributed by atoms with E-state index in [1.54, 1.807) is 24.4 Å². The summed E-state index contributed by atoms with van der Waals surface area (Å²) < 4.78 is 10.9. The number of rotatable bonds is 4. The first kappa shape index (κ1) is 19.3. The van der Waals surface area contributed by atoms with Crippen LogP contribution in [0.25, 0.3) is 0 Å². The highest BCUT2D eigenvalue weighted by Crippen LogP contribution is 2.49. The van der Waals surface area contributed by atoms with E-state index in [0.29, 0.717) is 30.2 Å². The minimum Gasteiger partial charge on any atom is -0.454 e. The summed E-state index contributed by atoms with van der Waals surface area (Å²) in [6.07, 6.45) is 3.61. The zero-order valence-corrected chi connectivity index (χ0v) is 17.4. The maximum atomic E-state index is 13.6. The Bertz CT molecular complexity index is 1170. The standard InChI is InChI=1S/C25H23N3O4/c29-14-21-24-18-5-1-2-6-19(18)28(13-20(24)27(21)12-16-4-3-9-26-11-16)25(30)17-7-8-22-23(10-17)32-15-31-22/h1-11,20-21,24,29H,12-15H2/t20-,21-,24+/m1/s1. The predicted octanol–water partition coefficient (Wildman–Crippen LogP) is 2.80. The second-order valence-corrected chi connectivity index (χ2v) is 8.42. The normalized spacial score (nSPS) is 23.3. The van der Waals surface area contributed by atoms with Crippen LogP contribution in [0.2, 0.25) is 0 Å². The molecule has 6 rings (SSSR count). The lowest BCUT2D eigenvalue weighted by atomic mass is 9.71. The molecule has 1 amide bonds. The highest BCUT2D eigenvalue weighted by molar-refractivity contribution is 6.07. The molecule has 0 saturated carbocycles. The van der Waals surface area contributed by atoms with Crippen LogP contribution >= 0.6 is 0 Å². The van der Waals surface area contributed by atoms with Crippen LogP contribution < -0.4 is 14.4 Å². The fourth-order valence-electron chi connectivity index (χ4n) is 5.28. The number of aliphatic hydroxyl groups excluding tert-OH is 1. The molecule has 1 aromatic heterocycles. The summed E-state index contributed by atoms with van der Waals surface area (Å²) in [5, 5.41) is 10.2. The van der Waals surface area contributed by atoms with Gasteiger partial charge in [0.1, 0.15) is 0 Å². The summed E-state index contributed by atoms with van der Waals surface area (Å²) in [6, 6.07) is 17.5. The van der Waals surface area contributed by atoms with Crippen molar-refractivity contribution in [2.24, 2.45) is 0 Å². The Morgan fingerprint density at radius 2 is 1.97 bits per heavy atom. The second-order valence-electron chi connectivity index (χ2n) is 8.42. The number of pyridine rings is 1. The summed E-state index contributed by atoms with van der Waals surface area (Å²) in [6.45, 7) is 1.50. The number of fused-ring (bicyclic) bond motifs is 4. The Balaban J connectivity index is 1.34. The summed E-state index contributed by atoms with van der Waals surface area (Å²) >= 11 is 0. The molecule has 7 heteroatoms. The summed E-state index contributed by atoms with van der Waals surface area (Å²) in [7, 11) is 0. The largest absolute Gasteiger partial charge is 0.454 e. The fraction of sp³-hybridized carbons (Fsp3) is 0.280. The number of amides is 1. The number of hydrogen-bond acceptors (Lipinski definition) is 6. The van der Waals surface area contributed by atoms with Gasteiger partial charge >= 0.3 is 0 Å². The van der Waals surface area contributed by atoms with E-state index in [4.69, 9.17) is 9.47 Å². The number of para-hydroxylation sites is 1. The maximum absolute atomic E-state index is 13.6. The number of anilines is 1. The van der Waals surface area contributed by atoms with E-state index < -0.39 is 0 Å². The molecule has 3 aliphatic rings. The molecule has 3 atom stereocenters. The lowest BCUT2D eigenvalue weighted by molar-refractivity contribution is -0.0489. The number of aliphatic hydroxyl groups is 1. The Kier molecular flexibility index (Phi) is 4.59. The van der Waals surface area contributed by atoms with Gasteiger partial charge in [-0.05, 0) is 41.5 Å². The van der Waals surface area contributed by atoms with Gasteiger partial charge in [-0.2, -0.15) is 0 Å². The Morgan fingerprint density at radius 3 is 2.81 bits per heavy atom. The quantitative estimate of drug-likeness (QED) is 0.688. The van der Waals surface area contributed by atoms with Gasteiger partial charge in [-0.3, -0.25) is 14.7 Å². The van der Waals surface area contributed by atoms with E-state index in [1.807, 2.05) is 41.4 Å². The van der Waals surface area contributed by atoms with Gasteiger partial charge in [-0.25, -0.2) is 0 Å². The van der Waals surface area contributed by atoms with Gasteiger partial charge in [0, 0.05) is 54.7 Å². The smallest absolute Gasteiger partial charge is 0.258 e. The number of likely N-dealkylation sites (tertiary alicyclic amines) is 1. The van der Waals surface area contributed by atoms with Crippen LogP contribution in [-0.2, 0) is 6.54 Å². The number of ether oxygens (including phenoxy) is 2. The highest BCUT2D eigenvalue weighted by Gasteiger charge is 2.53. The Morgan fingerprint density at radius 1 is 1.09 bits per heavy atom. The minimum absolute atomic E-state index is 0.0177. The van der Waals surface area contributed by atoms with Gasteiger partial charge in [0.15, 0.2) is 11.5 Å². The first-order valence-electron chi connectivity index (χ1n) is 10.8. The van der Waals surface area contributed by atoms with E-state index in [0.717, 1.165) is 16.8 Å². The van der Waals surface area contributed by atoms with Crippen LogP contribution in [0.5, 0.6) is 11.5 Å². The SMILES string of the molecule is O=C(c1ccc2c(c1)OCO2)N1C[C@@H]2[C@H](c3ccccc31)[C@@H](CO)N2Cc1cccnc1. The molecule has 0 unspecified atom stereocenters. The number of aromatic nitrogens is 1. The molecule has 0 aliphatic carbocycles. The molecule has 1 saturated heterocycles. The number of benzene rings is 2. The zero-order chi connectivity index (χ0) is 21.7. The number of nitrogens with zero attached hydrogens (tertiary/aromatic N) is 3. The Hall–Kier alpha value is -3.42. The van der Waals surface area contributed by atoms with Crippen LogP contribution in [0.4, 0.5) is 5.69 Å². The van der Waals surface area contributed by atoms with Crippen LogP contribution in [0.1, 0.15) is 27.4 Å². The van der Waals surface area contributed by atoms with E-state index >= 15 is 0 Å². The maximum Gasteiger partial charge on any atom is 0.258 e. The molecule has 7 nitrogen and oxygen atoms in total. The number of carbonyl (C=O) groups excluding carboxylic acids is 1. The van der Waals surface area contributed by atoms with Crippen LogP contribution in [0, 0.1) is 0 Å². The van der Waals surface area contributed by atoms with Crippen LogP contribution in [0.15, 0.2) is 67.0 Å². The molecule has 1 N–H and O–H groups in total. The van der Waals surface area contributed by atoms with Crippen molar-refractivity contribution in [2.45, 2.75) is 24.5 Å². The molecule has 1 fully saturated rings. The summed E-state index contributed by atoms with van der Waals surface area (Å²) in [5.41, 5.74) is 3.69. The molecular formula is C25H23N3O4. The molecular weight excluding hydrogens is 406 g/mol. The fourth-order valence-corrected chi connectivity index (χ4v) is 5.28. The predicted molar refractivity (Wildman–Crippen MR) is 118 cm³/mol. The molecule has 3 aromatic rings. The average Bonchev–Trinajstić information content (AvgIpc) is 3.31. The third-order valence-corrected chi connectivity index (χ3v) is 6.78. The van der Waals surface area contributed by atoms with Crippen molar-refractivity contribution in [3.8, 4) is 11.5 Å². The average molecular weight is 429 g/mol. The van der Waals surface area contributed by atoms with Gasteiger partial charge < -0.3 is 19.5 Å². The van der Waals surface area contributed by atoms with Crippen molar-refractivity contribution in [3.05, 3.63) is 83.7 Å². The van der Waals surface area contributed by atoms with Gasteiger partial charge in [0.05, 0.1) is 6.61 Å². The van der Waals surface area contributed by atoms with Crippen molar-refractivity contribution in [2.75, 3.05) is 24.8 Å². The second kappa shape index (κ2) is 7.62. The van der Waals surface area contributed by atoms with Gasteiger partial charge in [-0.15, -0.1) is 0 Å². The Labute approximate surface area is 185 Å². The van der Waals surface area contributed by atoms with Gasteiger partial charge in [-0.1, -0.05) is 24.3 Å². The van der Waals surface area contributed by atoms with E-state index in [-0.39, 0.29) is 37.3 Å². The van der Waals surface area contributed by atoms with Crippen LogP contribution in [-0.4, -0.2) is 52.9 Å². The highest BCUT2D eigenvalue weighted by atomic mass is 16.7. The first-order chi connectivity index (χ1) is 15.7. The topological polar surface area (TPSA) is 75.1 Å². The molecule has 3 aliphatic heterocycles. The van der Waals surface area contributed by atoms with E-state index in [2.05, 4.69) is 16.0 Å². The third-order valence-electron chi connectivity index (χ3n) is 6.78. The van der Waals surface area contributed by atoms with E-state index in [9.17, 15) is 9.90 Å². The monoisotopic (exact) mass is 429 g/mol. The van der Waals surface area contributed by atoms with Crippen molar-refractivity contribution in [1.29, 1.82) is 0 Å². The summed E-state index contributed by atoms with van der Waals surface area (Å²) in [4.78, 5) is 22.0.